The summed E-state index contributed by atoms with van der Waals surface area (Å²) in [7, 11) is -3.58. The first-order valence-corrected chi connectivity index (χ1v) is 8.57. The van der Waals surface area contributed by atoms with E-state index < -0.39 is 16.1 Å². The average Bonchev–Trinajstić information content (AvgIpc) is 3.11. The Bertz CT molecular complexity index is 614. The Morgan fingerprint density at radius 1 is 1.45 bits per heavy atom. The fourth-order valence-electron chi connectivity index (χ4n) is 1.97. The standard InChI is InChI=1S/C13H17ClN2O3S/c1-9(13(17)15-11-6-7-11)16(20(2,18)19)12-5-3-4-10(14)8-12/h3-5,8-9,11H,6-7H2,1-2H3,(H,15,17)/t9-/m0/s1. The monoisotopic (exact) mass is 316 g/mol. The van der Waals surface area contributed by atoms with Gasteiger partial charge in [0.2, 0.25) is 15.9 Å². The summed E-state index contributed by atoms with van der Waals surface area (Å²) in [5, 5.41) is 3.23. The number of carbonyl (C=O) groups excluding carboxylic acids is 1. The summed E-state index contributed by atoms with van der Waals surface area (Å²) in [5.74, 6) is -0.294. The van der Waals surface area contributed by atoms with Crippen molar-refractivity contribution in [3.63, 3.8) is 0 Å². The van der Waals surface area contributed by atoms with Gasteiger partial charge in [-0.3, -0.25) is 9.10 Å². The SMILES string of the molecule is C[C@@H](C(=O)NC1CC1)N(c1cccc(Cl)c1)S(C)(=O)=O. The Labute approximate surface area is 124 Å². The van der Waals surface area contributed by atoms with Crippen LogP contribution in [0.25, 0.3) is 0 Å². The van der Waals surface area contributed by atoms with Crippen LogP contribution < -0.4 is 9.62 Å². The number of amides is 1. The van der Waals surface area contributed by atoms with Crippen molar-refractivity contribution < 1.29 is 13.2 Å². The summed E-state index contributed by atoms with van der Waals surface area (Å²) >= 11 is 5.90. The zero-order valence-corrected chi connectivity index (χ0v) is 12.9. The minimum atomic E-state index is -3.58. The van der Waals surface area contributed by atoms with E-state index in [4.69, 9.17) is 11.6 Å². The Morgan fingerprint density at radius 3 is 2.60 bits per heavy atom. The molecule has 1 aliphatic carbocycles. The number of hydrogen-bond acceptors (Lipinski definition) is 3. The minimum absolute atomic E-state index is 0.186. The molecule has 20 heavy (non-hydrogen) atoms. The number of rotatable bonds is 5. The topological polar surface area (TPSA) is 66.5 Å². The minimum Gasteiger partial charge on any atom is -0.352 e. The van der Waals surface area contributed by atoms with Crippen LogP contribution in [0.2, 0.25) is 5.02 Å². The number of anilines is 1. The van der Waals surface area contributed by atoms with Crippen LogP contribution in [0.5, 0.6) is 0 Å². The van der Waals surface area contributed by atoms with Gasteiger partial charge >= 0.3 is 0 Å². The maximum atomic E-state index is 12.1. The molecule has 0 spiro atoms. The Kier molecular flexibility index (Phi) is 4.25. The predicted octanol–water partition coefficient (Wildman–Crippen LogP) is 1.77. The van der Waals surface area contributed by atoms with Gasteiger partial charge in [0.05, 0.1) is 11.9 Å². The van der Waals surface area contributed by atoms with E-state index in [2.05, 4.69) is 5.32 Å². The maximum absolute atomic E-state index is 12.1. The van der Waals surface area contributed by atoms with Gasteiger partial charge in [-0.25, -0.2) is 8.42 Å². The Morgan fingerprint density at radius 2 is 2.10 bits per heavy atom. The largest absolute Gasteiger partial charge is 0.352 e. The van der Waals surface area contributed by atoms with Crippen LogP contribution in [0, 0.1) is 0 Å². The molecule has 110 valence electrons. The number of benzene rings is 1. The van der Waals surface area contributed by atoms with Crippen molar-refractivity contribution in [1.82, 2.24) is 5.32 Å². The van der Waals surface area contributed by atoms with E-state index >= 15 is 0 Å². The average molecular weight is 317 g/mol. The predicted molar refractivity (Wildman–Crippen MR) is 79.4 cm³/mol. The molecule has 1 fully saturated rings. The maximum Gasteiger partial charge on any atom is 0.243 e. The first-order chi connectivity index (χ1) is 9.29. The lowest BCUT2D eigenvalue weighted by Gasteiger charge is -2.28. The number of halogens is 1. The molecule has 0 radical (unpaired) electrons. The van der Waals surface area contributed by atoms with Crippen molar-refractivity contribution in [2.45, 2.75) is 31.8 Å². The molecule has 0 saturated heterocycles. The van der Waals surface area contributed by atoms with Gasteiger partial charge in [0.15, 0.2) is 0 Å². The summed E-state index contributed by atoms with van der Waals surface area (Å²) in [6, 6.07) is 5.83. The van der Waals surface area contributed by atoms with Crippen LogP contribution in [-0.2, 0) is 14.8 Å². The summed E-state index contributed by atoms with van der Waals surface area (Å²) in [5.41, 5.74) is 0.387. The first kappa shape index (κ1) is 15.1. The highest BCUT2D eigenvalue weighted by Gasteiger charge is 2.32. The molecule has 1 N–H and O–H groups in total. The molecule has 0 heterocycles. The van der Waals surface area contributed by atoms with Gasteiger partial charge in [-0.2, -0.15) is 0 Å². The molecular weight excluding hydrogens is 300 g/mol. The molecule has 1 amide bonds. The Hall–Kier alpha value is -1.27. The second-order valence-corrected chi connectivity index (χ2v) is 7.29. The molecule has 7 heteroatoms. The second kappa shape index (κ2) is 5.61. The van der Waals surface area contributed by atoms with Crippen molar-refractivity contribution in [1.29, 1.82) is 0 Å². The van der Waals surface area contributed by atoms with Crippen molar-refractivity contribution in [3.8, 4) is 0 Å². The molecule has 1 saturated carbocycles. The number of carbonyl (C=O) groups is 1. The van der Waals surface area contributed by atoms with Gasteiger partial charge in [-0.05, 0) is 38.0 Å². The lowest BCUT2D eigenvalue weighted by atomic mass is 10.2. The van der Waals surface area contributed by atoms with Crippen LogP contribution in [0.4, 0.5) is 5.69 Å². The number of hydrogen-bond donors (Lipinski definition) is 1. The zero-order valence-electron chi connectivity index (χ0n) is 11.3. The lowest BCUT2D eigenvalue weighted by molar-refractivity contribution is -0.121. The zero-order chi connectivity index (χ0) is 14.9. The van der Waals surface area contributed by atoms with Gasteiger partial charge in [-0.15, -0.1) is 0 Å². The Balaban J connectivity index is 2.30. The van der Waals surface area contributed by atoms with E-state index in [1.807, 2.05) is 0 Å². The van der Waals surface area contributed by atoms with Crippen molar-refractivity contribution in [3.05, 3.63) is 29.3 Å². The molecule has 1 aliphatic rings. The van der Waals surface area contributed by atoms with Crippen molar-refractivity contribution >= 4 is 33.2 Å². The second-order valence-electron chi connectivity index (χ2n) is 5.00. The molecule has 0 bridgehead atoms. The fourth-order valence-corrected chi connectivity index (χ4v) is 3.32. The van der Waals surface area contributed by atoms with E-state index in [9.17, 15) is 13.2 Å². The third-order valence-electron chi connectivity index (χ3n) is 3.07. The van der Waals surface area contributed by atoms with Crippen LogP contribution >= 0.6 is 11.6 Å². The molecule has 1 aromatic rings. The van der Waals surface area contributed by atoms with Gasteiger partial charge in [0.25, 0.3) is 0 Å². The van der Waals surface area contributed by atoms with E-state index in [1.165, 1.54) is 6.07 Å². The van der Waals surface area contributed by atoms with Crippen LogP contribution in [-0.4, -0.2) is 32.7 Å². The van der Waals surface area contributed by atoms with E-state index in [0.29, 0.717) is 10.7 Å². The molecule has 1 aromatic carbocycles. The van der Waals surface area contributed by atoms with Crippen molar-refractivity contribution in [2.24, 2.45) is 0 Å². The van der Waals surface area contributed by atoms with Crippen molar-refractivity contribution in [2.75, 3.05) is 10.6 Å². The third-order valence-corrected chi connectivity index (χ3v) is 4.55. The van der Waals surface area contributed by atoms with Gasteiger partial charge in [0, 0.05) is 11.1 Å². The number of nitrogens with one attached hydrogen (secondary N) is 1. The molecule has 5 nitrogen and oxygen atoms in total. The first-order valence-electron chi connectivity index (χ1n) is 6.34. The molecule has 0 aliphatic heterocycles. The number of sulfonamides is 1. The normalized spacial score (nSPS) is 16.6. The van der Waals surface area contributed by atoms with E-state index in [-0.39, 0.29) is 11.9 Å². The van der Waals surface area contributed by atoms with Gasteiger partial charge in [0.1, 0.15) is 6.04 Å². The smallest absolute Gasteiger partial charge is 0.243 e. The summed E-state index contributed by atoms with van der Waals surface area (Å²) in [4.78, 5) is 12.1. The molecular formula is C13H17ClN2O3S. The fraction of sp³-hybridized carbons (Fsp3) is 0.462. The highest BCUT2D eigenvalue weighted by atomic mass is 35.5. The molecule has 0 aromatic heterocycles. The highest BCUT2D eigenvalue weighted by molar-refractivity contribution is 7.92. The highest BCUT2D eigenvalue weighted by Crippen LogP contribution is 2.25. The van der Waals surface area contributed by atoms with E-state index in [1.54, 1.807) is 25.1 Å². The molecule has 1 atom stereocenters. The summed E-state index contributed by atoms with van der Waals surface area (Å²) in [6.45, 7) is 1.57. The van der Waals surface area contributed by atoms with Gasteiger partial charge < -0.3 is 5.32 Å². The lowest BCUT2D eigenvalue weighted by Crippen LogP contribution is -2.48. The quantitative estimate of drug-likeness (QED) is 0.900. The molecule has 2 rings (SSSR count). The van der Waals surface area contributed by atoms with Gasteiger partial charge in [-0.1, -0.05) is 17.7 Å². The van der Waals surface area contributed by atoms with Crippen LogP contribution in [0.3, 0.4) is 0 Å². The van der Waals surface area contributed by atoms with Crippen LogP contribution in [0.15, 0.2) is 24.3 Å². The third kappa shape index (κ3) is 3.64. The van der Waals surface area contributed by atoms with E-state index in [0.717, 1.165) is 23.4 Å². The number of nitrogens with zero attached hydrogens (tertiary/aromatic N) is 1. The molecule has 0 unspecified atom stereocenters. The summed E-state index contributed by atoms with van der Waals surface area (Å²) < 4.78 is 25.1. The van der Waals surface area contributed by atoms with Crippen LogP contribution in [0.1, 0.15) is 19.8 Å². The summed E-state index contributed by atoms with van der Waals surface area (Å²) in [6.07, 6.45) is 2.98.